The second kappa shape index (κ2) is 11.4. The van der Waals surface area contributed by atoms with Crippen LogP contribution in [0.2, 0.25) is 0 Å². The molecule has 0 spiro atoms. The fourth-order valence-electron chi connectivity index (χ4n) is 4.81. The summed E-state index contributed by atoms with van der Waals surface area (Å²) in [7, 11) is 0. The Labute approximate surface area is 204 Å². The van der Waals surface area contributed by atoms with Crippen LogP contribution < -0.4 is 10.6 Å². The molecule has 1 heterocycles. The molecule has 1 saturated heterocycles. The third-order valence-corrected chi connectivity index (χ3v) is 6.77. The first kappa shape index (κ1) is 24.1. The van der Waals surface area contributed by atoms with Gasteiger partial charge in [0, 0.05) is 50.2 Å². The quantitative estimate of drug-likeness (QED) is 0.346. The number of benzene rings is 3. The Morgan fingerprint density at radius 2 is 1.38 bits per heavy atom. The summed E-state index contributed by atoms with van der Waals surface area (Å²) in [5.41, 5.74) is 14.0. The summed E-state index contributed by atoms with van der Waals surface area (Å²) in [6.07, 6.45) is 1.53. The van der Waals surface area contributed by atoms with Crippen molar-refractivity contribution >= 4 is 22.5 Å². The number of anilines is 2. The van der Waals surface area contributed by atoms with Crippen molar-refractivity contribution in [2.45, 2.75) is 32.7 Å². The zero-order valence-electron chi connectivity index (χ0n) is 20.5. The minimum atomic E-state index is 0.173. The van der Waals surface area contributed by atoms with Crippen LogP contribution in [0.15, 0.2) is 78.9 Å². The van der Waals surface area contributed by atoms with Crippen molar-refractivity contribution in [3.8, 4) is 0 Å². The predicted molar refractivity (Wildman–Crippen MR) is 145 cm³/mol. The Bertz CT molecular complexity index is 1060. The van der Waals surface area contributed by atoms with E-state index in [0.717, 1.165) is 50.3 Å². The summed E-state index contributed by atoms with van der Waals surface area (Å²) < 4.78 is 0. The average Bonchev–Trinajstić information content (AvgIpc) is 2.88. The highest BCUT2D eigenvalue weighted by Crippen LogP contribution is 2.36. The Kier molecular flexibility index (Phi) is 8.04. The molecular weight excluding hydrogens is 418 g/mol. The van der Waals surface area contributed by atoms with Gasteiger partial charge in [0.25, 0.3) is 0 Å². The number of aliphatic hydroxyl groups excluding tert-OH is 1. The van der Waals surface area contributed by atoms with Gasteiger partial charge in [-0.25, -0.2) is 0 Å². The van der Waals surface area contributed by atoms with Crippen LogP contribution in [0.25, 0.3) is 11.1 Å². The van der Waals surface area contributed by atoms with Gasteiger partial charge in [0.1, 0.15) is 0 Å². The number of hydrogen-bond acceptors (Lipinski definition) is 4. The number of rotatable bonds is 8. The van der Waals surface area contributed by atoms with Crippen LogP contribution in [0.1, 0.15) is 43.4 Å². The summed E-state index contributed by atoms with van der Waals surface area (Å²) in [4.78, 5) is 5.03. The van der Waals surface area contributed by atoms with Crippen molar-refractivity contribution in [1.82, 2.24) is 4.90 Å². The van der Waals surface area contributed by atoms with Gasteiger partial charge in [-0.2, -0.15) is 0 Å². The maximum atomic E-state index is 9.61. The maximum Gasteiger partial charge on any atom is 0.0434 e. The van der Waals surface area contributed by atoms with Crippen molar-refractivity contribution < 1.29 is 5.11 Å². The van der Waals surface area contributed by atoms with Crippen LogP contribution in [0.3, 0.4) is 0 Å². The van der Waals surface area contributed by atoms with Crippen molar-refractivity contribution in [2.24, 2.45) is 0 Å². The number of piperazine rings is 1. The number of allylic oxidation sites excluding steroid dienone is 1. The third kappa shape index (κ3) is 5.69. The predicted octanol–water partition coefficient (Wildman–Crippen LogP) is 5.53. The van der Waals surface area contributed by atoms with E-state index in [4.69, 9.17) is 5.73 Å². The van der Waals surface area contributed by atoms with Crippen LogP contribution in [-0.2, 0) is 0 Å². The van der Waals surface area contributed by atoms with Gasteiger partial charge in [-0.15, -0.1) is 0 Å². The summed E-state index contributed by atoms with van der Waals surface area (Å²) >= 11 is 0. The topological polar surface area (TPSA) is 52.7 Å². The van der Waals surface area contributed by atoms with E-state index >= 15 is 0 Å². The maximum absolute atomic E-state index is 9.61. The molecule has 1 aliphatic rings. The van der Waals surface area contributed by atoms with Gasteiger partial charge < -0.3 is 15.7 Å². The molecule has 0 bridgehead atoms. The van der Waals surface area contributed by atoms with Crippen LogP contribution in [0.5, 0.6) is 0 Å². The Hall–Kier alpha value is -3.08. The molecule has 0 aromatic heterocycles. The average molecular weight is 456 g/mol. The molecule has 178 valence electrons. The lowest BCUT2D eigenvalue weighted by atomic mass is 9.87. The van der Waals surface area contributed by atoms with Gasteiger partial charge in [-0.3, -0.25) is 4.90 Å². The smallest absolute Gasteiger partial charge is 0.0434 e. The first-order valence-corrected chi connectivity index (χ1v) is 12.4. The lowest BCUT2D eigenvalue weighted by molar-refractivity contribution is 0.209. The van der Waals surface area contributed by atoms with E-state index in [0.29, 0.717) is 6.04 Å². The zero-order chi connectivity index (χ0) is 23.9. The normalized spacial score (nSPS) is 15.5. The molecule has 1 aliphatic heterocycles. The van der Waals surface area contributed by atoms with Crippen molar-refractivity contribution in [3.63, 3.8) is 0 Å². The lowest BCUT2D eigenvalue weighted by Crippen LogP contribution is -2.48. The second-order valence-electron chi connectivity index (χ2n) is 9.33. The molecular formula is C30H37N3O. The molecule has 0 radical (unpaired) electrons. The highest BCUT2D eigenvalue weighted by atomic mass is 16.2. The van der Waals surface area contributed by atoms with E-state index in [-0.39, 0.29) is 6.61 Å². The SMILES string of the molecule is CC(C)N1CCN(c2ccc(C(=C(CCCO)c3ccccc3)c3ccc(N)cc3)cc2)CC1. The standard InChI is InChI=1S/C30H37N3O/c1-23(2)32-18-20-33(21-19-32)28-16-12-26(13-17-28)30(25-10-14-27(31)15-11-25)29(9-6-22-34)24-7-4-3-5-8-24/h3-5,7-8,10-17,23,34H,6,9,18-22,31H2,1-2H3. The van der Waals surface area contributed by atoms with Crippen LogP contribution in [-0.4, -0.2) is 48.8 Å². The van der Waals surface area contributed by atoms with Gasteiger partial charge in [0.2, 0.25) is 0 Å². The summed E-state index contributed by atoms with van der Waals surface area (Å²) in [6.45, 7) is 9.05. The molecule has 3 N–H and O–H groups in total. The monoisotopic (exact) mass is 455 g/mol. The molecule has 0 atom stereocenters. The van der Waals surface area contributed by atoms with Crippen molar-refractivity contribution in [2.75, 3.05) is 43.4 Å². The van der Waals surface area contributed by atoms with Crippen LogP contribution >= 0.6 is 0 Å². The number of nitrogens with zero attached hydrogens (tertiary/aromatic N) is 2. The Balaban J connectivity index is 1.72. The molecule has 0 amide bonds. The van der Waals surface area contributed by atoms with E-state index in [1.54, 1.807) is 0 Å². The largest absolute Gasteiger partial charge is 0.399 e. The van der Waals surface area contributed by atoms with Gasteiger partial charge >= 0.3 is 0 Å². The second-order valence-corrected chi connectivity index (χ2v) is 9.33. The fraction of sp³-hybridized carbons (Fsp3) is 0.333. The van der Waals surface area contributed by atoms with E-state index in [2.05, 4.69) is 84.3 Å². The molecule has 3 aromatic carbocycles. The molecule has 0 saturated carbocycles. The van der Waals surface area contributed by atoms with E-state index in [1.807, 2.05) is 18.2 Å². The molecule has 4 heteroatoms. The Morgan fingerprint density at radius 1 is 0.794 bits per heavy atom. The lowest BCUT2D eigenvalue weighted by Gasteiger charge is -2.38. The van der Waals surface area contributed by atoms with E-state index < -0.39 is 0 Å². The van der Waals surface area contributed by atoms with E-state index in [1.165, 1.54) is 28.0 Å². The molecule has 1 fully saturated rings. The fourth-order valence-corrected chi connectivity index (χ4v) is 4.81. The first-order chi connectivity index (χ1) is 16.6. The molecule has 0 aliphatic carbocycles. The van der Waals surface area contributed by atoms with Crippen LogP contribution in [0.4, 0.5) is 11.4 Å². The van der Waals surface area contributed by atoms with Crippen molar-refractivity contribution in [1.29, 1.82) is 0 Å². The summed E-state index contributed by atoms with van der Waals surface area (Å²) in [5.74, 6) is 0. The number of hydrogen-bond donors (Lipinski definition) is 2. The highest BCUT2D eigenvalue weighted by molar-refractivity contribution is 5.99. The number of nitrogens with two attached hydrogens (primary N) is 1. The minimum Gasteiger partial charge on any atom is -0.399 e. The molecule has 0 unspecified atom stereocenters. The summed E-state index contributed by atoms with van der Waals surface area (Å²) in [5, 5.41) is 9.61. The van der Waals surface area contributed by atoms with Gasteiger partial charge in [-0.1, -0.05) is 54.6 Å². The number of nitrogen functional groups attached to an aromatic ring is 1. The number of aliphatic hydroxyl groups is 1. The van der Waals surface area contributed by atoms with Crippen molar-refractivity contribution in [3.05, 3.63) is 95.6 Å². The third-order valence-electron chi connectivity index (χ3n) is 6.77. The molecule has 34 heavy (non-hydrogen) atoms. The highest BCUT2D eigenvalue weighted by Gasteiger charge is 2.20. The molecule has 4 nitrogen and oxygen atoms in total. The molecule has 4 rings (SSSR count). The van der Waals surface area contributed by atoms with Gasteiger partial charge in [-0.05, 0) is 78.8 Å². The Morgan fingerprint density at radius 3 is 1.94 bits per heavy atom. The van der Waals surface area contributed by atoms with E-state index in [9.17, 15) is 5.11 Å². The molecule has 3 aromatic rings. The zero-order valence-corrected chi connectivity index (χ0v) is 20.5. The van der Waals surface area contributed by atoms with Gasteiger partial charge in [0.15, 0.2) is 0 Å². The van der Waals surface area contributed by atoms with Crippen LogP contribution in [0, 0.1) is 0 Å². The minimum absolute atomic E-state index is 0.173. The first-order valence-electron chi connectivity index (χ1n) is 12.4. The van der Waals surface area contributed by atoms with Gasteiger partial charge in [0.05, 0.1) is 0 Å². The summed E-state index contributed by atoms with van der Waals surface area (Å²) in [6, 6.07) is 28.3.